The average molecular weight is 571 g/mol. The first-order valence-electron chi connectivity index (χ1n) is 15.4. The Kier molecular flexibility index (Phi) is 11.8. The number of carbonyl (C=O) groups is 2. The summed E-state index contributed by atoms with van der Waals surface area (Å²) in [5, 5.41) is 3.15. The van der Waals surface area contributed by atoms with Crippen LogP contribution in [0, 0.1) is 5.92 Å². The Labute approximate surface area is 251 Å². The number of carbonyl (C=O) groups excluding carboxylic acids is 2. The number of hydrogen-bond donors (Lipinski definition) is 2. The zero-order chi connectivity index (χ0) is 29.7. The summed E-state index contributed by atoms with van der Waals surface area (Å²) in [4.78, 5) is 30.0. The summed E-state index contributed by atoms with van der Waals surface area (Å²) in [5.74, 6) is 0.727. The second-order valence-electron chi connectivity index (χ2n) is 11.2. The van der Waals surface area contributed by atoms with Crippen molar-refractivity contribution in [3.8, 4) is 5.75 Å². The van der Waals surface area contributed by atoms with Gasteiger partial charge in [-0.25, -0.2) is 4.79 Å². The van der Waals surface area contributed by atoms with E-state index >= 15 is 0 Å². The number of benzene rings is 3. The molecular weight excluding hydrogens is 524 g/mol. The van der Waals surface area contributed by atoms with E-state index in [0.717, 1.165) is 51.6 Å². The second-order valence-corrected chi connectivity index (χ2v) is 11.2. The number of unbranched alkanes of at least 4 members (excludes halogenated alkanes) is 4. The van der Waals surface area contributed by atoms with E-state index < -0.39 is 6.03 Å². The van der Waals surface area contributed by atoms with E-state index in [9.17, 15) is 9.59 Å². The number of hydrogen-bond acceptors (Lipinski definition) is 4. The van der Waals surface area contributed by atoms with Gasteiger partial charge in [-0.1, -0.05) is 93.3 Å². The van der Waals surface area contributed by atoms with Gasteiger partial charge >= 0.3 is 6.03 Å². The molecule has 3 aromatic rings. The molecule has 3 amide bonds. The maximum absolute atomic E-state index is 13.5. The fourth-order valence-electron chi connectivity index (χ4n) is 5.91. The molecule has 1 aliphatic rings. The largest absolute Gasteiger partial charge is 0.497 e. The number of methoxy groups -OCH3 is 1. The summed E-state index contributed by atoms with van der Waals surface area (Å²) in [6.45, 7) is 5.14. The Bertz CT molecular complexity index is 1220. The van der Waals surface area contributed by atoms with Gasteiger partial charge in [-0.15, -0.1) is 0 Å². The minimum atomic E-state index is -0.552. The first-order chi connectivity index (χ1) is 20.5. The highest BCUT2D eigenvalue weighted by atomic mass is 16.5. The number of anilines is 1. The van der Waals surface area contributed by atoms with Crippen LogP contribution in [0.5, 0.6) is 5.75 Å². The van der Waals surface area contributed by atoms with Gasteiger partial charge in [-0.05, 0) is 67.6 Å². The zero-order valence-corrected chi connectivity index (χ0v) is 25.1. The quantitative estimate of drug-likeness (QED) is 0.209. The number of rotatable bonds is 14. The second kappa shape index (κ2) is 16.0. The molecule has 0 saturated carbocycles. The standard InChI is InChI=1S/C35H46N4O3/c1-3-4-5-6-13-22-39(35(36)41)32-19-18-30(42-2)25-31(32)34(40)37-26-27-20-23-38(24-21-27)33(28-14-9-7-10-15-28)29-16-11-8-12-17-29/h7-12,14-19,25,27,33H,3-6,13,20-24,26H2,1-2H3,(H2,36,41)(H,37,40). The van der Waals surface area contributed by atoms with Crippen LogP contribution < -0.4 is 20.7 Å². The molecule has 0 aromatic heterocycles. The van der Waals surface area contributed by atoms with Crippen molar-refractivity contribution in [3.63, 3.8) is 0 Å². The third-order valence-corrected chi connectivity index (χ3v) is 8.29. The Hall–Kier alpha value is -3.84. The van der Waals surface area contributed by atoms with Gasteiger partial charge in [0.1, 0.15) is 5.75 Å². The highest BCUT2D eigenvalue weighted by Crippen LogP contribution is 2.32. The highest BCUT2D eigenvalue weighted by Gasteiger charge is 2.28. The predicted octanol–water partition coefficient (Wildman–Crippen LogP) is 6.78. The van der Waals surface area contributed by atoms with E-state index in [1.807, 2.05) is 0 Å². The molecule has 3 N–H and O–H groups in total. The third kappa shape index (κ3) is 8.35. The van der Waals surface area contributed by atoms with Crippen molar-refractivity contribution >= 4 is 17.6 Å². The Morgan fingerprint density at radius 1 is 0.929 bits per heavy atom. The van der Waals surface area contributed by atoms with Crippen LogP contribution in [0.1, 0.15) is 79.4 Å². The highest BCUT2D eigenvalue weighted by molar-refractivity contribution is 6.04. The van der Waals surface area contributed by atoms with Crippen LogP contribution >= 0.6 is 0 Å². The molecule has 7 nitrogen and oxygen atoms in total. The minimum Gasteiger partial charge on any atom is -0.497 e. The van der Waals surface area contributed by atoms with Gasteiger partial charge in [0.15, 0.2) is 0 Å². The first kappa shape index (κ1) is 31.1. The molecule has 0 aliphatic carbocycles. The molecular formula is C35H46N4O3. The Morgan fingerprint density at radius 3 is 2.12 bits per heavy atom. The van der Waals surface area contributed by atoms with Gasteiger partial charge in [0.25, 0.3) is 5.91 Å². The number of likely N-dealkylation sites (tertiary alicyclic amines) is 1. The third-order valence-electron chi connectivity index (χ3n) is 8.29. The van der Waals surface area contributed by atoms with Gasteiger partial charge in [-0.3, -0.25) is 14.6 Å². The normalized spacial score (nSPS) is 14.1. The number of ether oxygens (including phenoxy) is 1. The molecule has 1 heterocycles. The van der Waals surface area contributed by atoms with Gasteiger partial charge in [0, 0.05) is 13.1 Å². The number of piperidine rings is 1. The fraction of sp³-hybridized carbons (Fsp3) is 0.429. The summed E-state index contributed by atoms with van der Waals surface area (Å²) >= 11 is 0. The van der Waals surface area contributed by atoms with Crippen molar-refractivity contribution in [1.29, 1.82) is 0 Å². The van der Waals surface area contributed by atoms with Crippen molar-refractivity contribution in [2.45, 2.75) is 57.9 Å². The van der Waals surface area contributed by atoms with Gasteiger partial charge in [-0.2, -0.15) is 0 Å². The van der Waals surface area contributed by atoms with Crippen molar-refractivity contribution in [1.82, 2.24) is 10.2 Å². The summed E-state index contributed by atoms with van der Waals surface area (Å²) in [7, 11) is 1.57. The maximum Gasteiger partial charge on any atom is 0.319 e. The predicted molar refractivity (Wildman–Crippen MR) is 170 cm³/mol. The van der Waals surface area contributed by atoms with Crippen LogP contribution in [0.2, 0.25) is 0 Å². The van der Waals surface area contributed by atoms with Crippen LogP contribution in [0.15, 0.2) is 78.9 Å². The lowest BCUT2D eigenvalue weighted by atomic mass is 9.91. The van der Waals surface area contributed by atoms with Crippen LogP contribution in [-0.4, -0.2) is 50.1 Å². The van der Waals surface area contributed by atoms with Gasteiger partial charge in [0.05, 0.1) is 24.4 Å². The van der Waals surface area contributed by atoms with Crippen molar-refractivity contribution < 1.29 is 14.3 Å². The molecule has 1 saturated heterocycles. The number of amides is 3. The van der Waals surface area contributed by atoms with Gasteiger partial charge < -0.3 is 15.8 Å². The lowest BCUT2D eigenvalue weighted by Gasteiger charge is -2.38. The molecule has 0 radical (unpaired) electrons. The molecule has 1 fully saturated rings. The van der Waals surface area contributed by atoms with Crippen molar-refractivity contribution in [2.75, 3.05) is 38.2 Å². The average Bonchev–Trinajstić information content (AvgIpc) is 3.03. The van der Waals surface area contributed by atoms with E-state index in [0.29, 0.717) is 36.0 Å². The lowest BCUT2D eigenvalue weighted by Crippen LogP contribution is -2.41. The molecule has 7 heteroatoms. The zero-order valence-electron chi connectivity index (χ0n) is 25.1. The van der Waals surface area contributed by atoms with Crippen molar-refractivity contribution in [3.05, 3.63) is 95.6 Å². The van der Waals surface area contributed by atoms with E-state index in [2.05, 4.69) is 77.8 Å². The molecule has 1 aliphatic heterocycles. The van der Waals surface area contributed by atoms with E-state index in [4.69, 9.17) is 10.5 Å². The topological polar surface area (TPSA) is 87.9 Å². The molecule has 4 rings (SSSR count). The molecule has 224 valence electrons. The molecule has 42 heavy (non-hydrogen) atoms. The molecule has 3 aromatic carbocycles. The van der Waals surface area contributed by atoms with Crippen LogP contribution in [0.4, 0.5) is 10.5 Å². The molecule has 0 atom stereocenters. The number of nitrogens with zero attached hydrogens (tertiary/aromatic N) is 2. The number of nitrogens with two attached hydrogens (primary N) is 1. The summed E-state index contributed by atoms with van der Waals surface area (Å²) in [6, 6.07) is 26.2. The van der Waals surface area contributed by atoms with E-state index in [-0.39, 0.29) is 11.9 Å². The minimum absolute atomic E-state index is 0.212. The van der Waals surface area contributed by atoms with Gasteiger partial charge in [0.2, 0.25) is 0 Å². The first-order valence-corrected chi connectivity index (χ1v) is 15.4. The summed E-state index contributed by atoms with van der Waals surface area (Å²) in [6.07, 6.45) is 7.28. The SMILES string of the molecule is CCCCCCCN(C(N)=O)c1ccc(OC)cc1C(=O)NCC1CCN(C(c2ccccc2)c2ccccc2)CC1. The van der Waals surface area contributed by atoms with Crippen LogP contribution in [0.3, 0.4) is 0 Å². The van der Waals surface area contributed by atoms with Crippen LogP contribution in [0.25, 0.3) is 0 Å². The van der Waals surface area contributed by atoms with E-state index in [1.165, 1.54) is 22.4 Å². The monoisotopic (exact) mass is 570 g/mol. The number of urea groups is 1. The lowest BCUT2D eigenvalue weighted by molar-refractivity contribution is 0.0930. The van der Waals surface area contributed by atoms with Crippen LogP contribution in [-0.2, 0) is 0 Å². The molecule has 0 spiro atoms. The Balaban J connectivity index is 1.39. The van der Waals surface area contributed by atoms with E-state index in [1.54, 1.807) is 25.3 Å². The Morgan fingerprint density at radius 2 is 1.55 bits per heavy atom. The fourth-order valence-corrected chi connectivity index (χ4v) is 5.91. The van der Waals surface area contributed by atoms with Crippen molar-refractivity contribution in [2.24, 2.45) is 11.7 Å². The number of nitrogens with one attached hydrogen (secondary N) is 1. The summed E-state index contributed by atoms with van der Waals surface area (Å²) in [5.41, 5.74) is 9.31. The molecule has 0 unspecified atom stereocenters. The summed E-state index contributed by atoms with van der Waals surface area (Å²) < 4.78 is 5.41. The molecule has 0 bridgehead atoms. The smallest absolute Gasteiger partial charge is 0.319 e. The number of primary amides is 1. The maximum atomic E-state index is 13.5.